The number of rotatable bonds is 17. The van der Waals surface area contributed by atoms with Crippen molar-refractivity contribution in [3.8, 4) is 5.75 Å². The van der Waals surface area contributed by atoms with Crippen LogP contribution in [-0.4, -0.2) is 78.7 Å². The third-order valence-electron chi connectivity index (χ3n) is 5.33. The van der Waals surface area contributed by atoms with E-state index in [2.05, 4.69) is 16.0 Å². The Morgan fingerprint density at radius 1 is 1.00 bits per heavy atom. The average Bonchev–Trinajstić information content (AvgIpc) is 2.83. The van der Waals surface area contributed by atoms with Gasteiger partial charge in [0.15, 0.2) is 0 Å². The highest BCUT2D eigenvalue weighted by Crippen LogP contribution is 2.26. The first-order valence-electron chi connectivity index (χ1n) is 13.1. The molecule has 0 radical (unpaired) electrons. The van der Waals surface area contributed by atoms with Gasteiger partial charge < -0.3 is 40.4 Å². The van der Waals surface area contributed by atoms with Gasteiger partial charge in [-0.15, -0.1) is 0 Å². The van der Waals surface area contributed by atoms with E-state index in [0.29, 0.717) is 31.7 Å². The molecule has 0 saturated carbocycles. The maximum absolute atomic E-state index is 12.4. The molecule has 0 aliphatic rings. The number of carbonyl (C=O) groups excluding carboxylic acids is 3. The minimum atomic E-state index is -0.987. The van der Waals surface area contributed by atoms with Gasteiger partial charge in [-0.3, -0.25) is 14.4 Å². The second-order valence-corrected chi connectivity index (χ2v) is 10.1. The molecule has 3 amide bonds. The fourth-order valence-electron chi connectivity index (χ4n) is 3.38. The number of aromatic hydroxyl groups is 1. The Hall–Kier alpha value is -3.38. The molecule has 220 valence electrons. The molecule has 0 aromatic heterocycles. The number of hydrogen-bond donors (Lipinski definition) is 5. The van der Waals surface area contributed by atoms with Crippen LogP contribution in [0.25, 0.3) is 0 Å². The third kappa shape index (κ3) is 15.6. The molecule has 0 fully saturated rings. The van der Waals surface area contributed by atoms with Gasteiger partial charge in [0.05, 0.1) is 44.5 Å². The standard InChI is InChI=1S/C27H43N3O9/c1-6-23(32)28-10-12-38-14-13-37-11-9-24(33)30-21-17-19(7-8-22(21)31)16-20(15-18(2)25(34)35)29-26(36)39-27(3,4)5/h7-8,17-18,20,31H,6,9-16H2,1-5H3,(H,28,32)(H,29,36)(H,30,33)(H,34,35). The second kappa shape index (κ2) is 17.3. The molecule has 1 aromatic rings. The molecule has 2 atom stereocenters. The molecular weight excluding hydrogens is 510 g/mol. The molecule has 0 heterocycles. The zero-order valence-corrected chi connectivity index (χ0v) is 23.5. The van der Waals surface area contributed by atoms with Crippen LogP contribution in [0.5, 0.6) is 5.75 Å². The monoisotopic (exact) mass is 553 g/mol. The fraction of sp³-hybridized carbons (Fsp3) is 0.630. The zero-order valence-electron chi connectivity index (χ0n) is 23.5. The summed E-state index contributed by atoms with van der Waals surface area (Å²) in [5, 5.41) is 27.6. The lowest BCUT2D eigenvalue weighted by atomic mass is 9.96. The number of aliphatic carboxylic acids is 1. The van der Waals surface area contributed by atoms with E-state index in [-0.39, 0.29) is 55.7 Å². The van der Waals surface area contributed by atoms with Gasteiger partial charge in [-0.25, -0.2) is 4.79 Å². The summed E-state index contributed by atoms with van der Waals surface area (Å²) in [6.45, 7) is 10.1. The van der Waals surface area contributed by atoms with E-state index in [1.54, 1.807) is 46.8 Å². The molecule has 1 rings (SSSR count). The number of carbonyl (C=O) groups is 4. The Morgan fingerprint density at radius 2 is 1.67 bits per heavy atom. The van der Waals surface area contributed by atoms with E-state index < -0.39 is 29.6 Å². The Labute approximate surface area is 229 Å². The summed E-state index contributed by atoms with van der Waals surface area (Å²) in [6, 6.07) is 4.08. The molecular formula is C27H43N3O9. The quantitative estimate of drug-likeness (QED) is 0.144. The minimum absolute atomic E-state index is 0.0393. The topological polar surface area (TPSA) is 173 Å². The number of phenols is 1. The van der Waals surface area contributed by atoms with Gasteiger partial charge >= 0.3 is 12.1 Å². The number of hydrogen-bond acceptors (Lipinski definition) is 8. The normalized spacial score (nSPS) is 12.7. The first-order valence-corrected chi connectivity index (χ1v) is 13.1. The number of amides is 3. The van der Waals surface area contributed by atoms with E-state index in [1.165, 1.54) is 6.07 Å². The van der Waals surface area contributed by atoms with Crippen LogP contribution < -0.4 is 16.0 Å². The van der Waals surface area contributed by atoms with Crippen LogP contribution in [0.15, 0.2) is 18.2 Å². The molecule has 39 heavy (non-hydrogen) atoms. The largest absolute Gasteiger partial charge is 0.506 e. The summed E-state index contributed by atoms with van der Waals surface area (Å²) >= 11 is 0. The van der Waals surface area contributed by atoms with Crippen LogP contribution in [0.3, 0.4) is 0 Å². The first-order chi connectivity index (χ1) is 18.3. The third-order valence-corrected chi connectivity index (χ3v) is 5.33. The van der Waals surface area contributed by atoms with Crippen LogP contribution in [0.2, 0.25) is 0 Å². The van der Waals surface area contributed by atoms with E-state index in [0.717, 1.165) is 0 Å². The van der Waals surface area contributed by atoms with E-state index in [4.69, 9.17) is 14.2 Å². The van der Waals surface area contributed by atoms with Crippen molar-refractivity contribution < 1.29 is 43.6 Å². The van der Waals surface area contributed by atoms with Crippen molar-refractivity contribution in [3.05, 3.63) is 23.8 Å². The van der Waals surface area contributed by atoms with Gasteiger partial charge in [0.2, 0.25) is 11.8 Å². The lowest BCUT2D eigenvalue weighted by Gasteiger charge is -2.25. The number of anilines is 1. The molecule has 0 bridgehead atoms. The van der Waals surface area contributed by atoms with Gasteiger partial charge in [0.25, 0.3) is 0 Å². The second-order valence-electron chi connectivity index (χ2n) is 10.1. The first kappa shape index (κ1) is 33.6. The van der Waals surface area contributed by atoms with Crippen LogP contribution in [0.4, 0.5) is 10.5 Å². The summed E-state index contributed by atoms with van der Waals surface area (Å²) in [4.78, 5) is 47.2. The molecule has 12 heteroatoms. The Balaban J connectivity index is 2.59. The summed E-state index contributed by atoms with van der Waals surface area (Å²) in [6.07, 6.45) is 0.225. The smallest absolute Gasteiger partial charge is 0.407 e. The lowest BCUT2D eigenvalue weighted by molar-refractivity contribution is -0.141. The Kier molecular flexibility index (Phi) is 14.9. The number of phenolic OH excluding ortho intramolecular Hbond substituents is 1. The predicted molar refractivity (Wildman–Crippen MR) is 145 cm³/mol. The SMILES string of the molecule is CCC(=O)NCCOCCOCCC(=O)Nc1cc(CC(CC(C)C(=O)O)NC(=O)OC(C)(C)C)ccc1O. The summed E-state index contributed by atoms with van der Waals surface area (Å²) < 4.78 is 16.0. The van der Waals surface area contributed by atoms with Gasteiger partial charge in [-0.05, 0) is 51.3 Å². The number of alkyl carbamates (subject to hydrolysis) is 1. The predicted octanol–water partition coefficient (Wildman–Crippen LogP) is 2.83. The van der Waals surface area contributed by atoms with Gasteiger partial charge in [-0.2, -0.15) is 0 Å². The molecule has 5 N–H and O–H groups in total. The number of ether oxygens (including phenoxy) is 3. The van der Waals surface area contributed by atoms with E-state index in [1.807, 2.05) is 0 Å². The number of carboxylic acids is 1. The number of nitrogens with one attached hydrogen (secondary N) is 3. The van der Waals surface area contributed by atoms with Gasteiger partial charge in [0.1, 0.15) is 11.4 Å². The molecule has 2 unspecified atom stereocenters. The lowest BCUT2D eigenvalue weighted by Crippen LogP contribution is -2.41. The van der Waals surface area contributed by atoms with Crippen molar-refractivity contribution in [2.75, 3.05) is 38.3 Å². The molecule has 0 spiro atoms. The van der Waals surface area contributed by atoms with E-state index in [9.17, 15) is 29.4 Å². The van der Waals surface area contributed by atoms with Gasteiger partial charge in [-0.1, -0.05) is 19.9 Å². The summed E-state index contributed by atoms with van der Waals surface area (Å²) in [7, 11) is 0. The highest BCUT2D eigenvalue weighted by atomic mass is 16.6. The molecule has 0 saturated heterocycles. The van der Waals surface area contributed by atoms with Crippen LogP contribution in [0.1, 0.15) is 59.4 Å². The Morgan fingerprint density at radius 3 is 2.28 bits per heavy atom. The number of benzene rings is 1. The maximum Gasteiger partial charge on any atom is 0.407 e. The van der Waals surface area contributed by atoms with Crippen LogP contribution in [0, 0.1) is 5.92 Å². The van der Waals surface area contributed by atoms with Crippen molar-refractivity contribution in [2.45, 2.75) is 71.9 Å². The fourth-order valence-corrected chi connectivity index (χ4v) is 3.38. The maximum atomic E-state index is 12.4. The van der Waals surface area contributed by atoms with Crippen molar-refractivity contribution in [3.63, 3.8) is 0 Å². The molecule has 0 aliphatic heterocycles. The van der Waals surface area contributed by atoms with Crippen LogP contribution in [-0.2, 0) is 35.0 Å². The van der Waals surface area contributed by atoms with Crippen molar-refractivity contribution in [2.24, 2.45) is 5.92 Å². The average molecular weight is 554 g/mol. The van der Waals surface area contributed by atoms with Gasteiger partial charge in [0, 0.05) is 19.0 Å². The minimum Gasteiger partial charge on any atom is -0.506 e. The highest BCUT2D eigenvalue weighted by Gasteiger charge is 2.24. The molecule has 0 aliphatic carbocycles. The van der Waals surface area contributed by atoms with Crippen molar-refractivity contribution >= 4 is 29.6 Å². The van der Waals surface area contributed by atoms with E-state index >= 15 is 0 Å². The summed E-state index contributed by atoms with van der Waals surface area (Å²) in [5.41, 5.74) is 0.148. The van der Waals surface area contributed by atoms with Crippen molar-refractivity contribution in [1.82, 2.24) is 10.6 Å². The number of carboxylic acid groups (broad SMARTS) is 1. The van der Waals surface area contributed by atoms with Crippen molar-refractivity contribution in [1.29, 1.82) is 0 Å². The van der Waals surface area contributed by atoms with Crippen LogP contribution >= 0.6 is 0 Å². The molecule has 12 nitrogen and oxygen atoms in total. The Bertz CT molecular complexity index is 947. The molecule has 1 aromatic carbocycles. The highest BCUT2D eigenvalue weighted by molar-refractivity contribution is 5.92. The zero-order chi connectivity index (χ0) is 29.4. The summed E-state index contributed by atoms with van der Waals surface area (Å²) in [5.74, 6) is -2.24.